The summed E-state index contributed by atoms with van der Waals surface area (Å²) in [7, 11) is 0. The lowest BCUT2D eigenvalue weighted by Gasteiger charge is -2.02. The second kappa shape index (κ2) is 5.44. The molecule has 0 aliphatic heterocycles. The van der Waals surface area contributed by atoms with Crippen LogP contribution in [0.1, 0.15) is 29.0 Å². The third-order valence-electron chi connectivity index (χ3n) is 1.97. The molecule has 0 saturated carbocycles. The topological polar surface area (TPSA) is 62.5 Å². The van der Waals surface area contributed by atoms with Crippen LogP contribution in [0.15, 0.2) is 16.7 Å². The molecule has 0 fully saturated rings. The number of aliphatic hydroxyl groups is 1. The van der Waals surface area contributed by atoms with Crippen LogP contribution in [0, 0.1) is 6.92 Å². The fourth-order valence-corrected chi connectivity index (χ4v) is 1.15. The zero-order chi connectivity index (χ0) is 10.4. The van der Waals surface area contributed by atoms with Crippen LogP contribution >= 0.6 is 0 Å². The highest BCUT2D eigenvalue weighted by Gasteiger charge is 2.09. The van der Waals surface area contributed by atoms with Crippen molar-refractivity contribution in [1.29, 1.82) is 0 Å². The molecule has 0 aliphatic carbocycles. The Hall–Kier alpha value is -1.29. The zero-order valence-electron chi connectivity index (χ0n) is 8.25. The summed E-state index contributed by atoms with van der Waals surface area (Å²) in [5.41, 5.74) is 0.578. The van der Waals surface area contributed by atoms with E-state index in [1.165, 1.54) is 6.26 Å². The largest absolute Gasteiger partial charge is 0.469 e. The molecule has 0 unspecified atom stereocenters. The summed E-state index contributed by atoms with van der Waals surface area (Å²) < 4.78 is 5.01. The van der Waals surface area contributed by atoms with E-state index in [0.717, 1.165) is 6.42 Å². The Morgan fingerprint density at radius 3 is 2.93 bits per heavy atom. The summed E-state index contributed by atoms with van der Waals surface area (Å²) in [6.07, 6.45) is 3.00. The monoisotopic (exact) mass is 197 g/mol. The van der Waals surface area contributed by atoms with Crippen LogP contribution in [0.5, 0.6) is 0 Å². The van der Waals surface area contributed by atoms with E-state index in [9.17, 15) is 4.79 Å². The normalized spacial score (nSPS) is 10.1. The Bertz CT molecular complexity index is 293. The highest BCUT2D eigenvalue weighted by molar-refractivity contribution is 5.94. The number of aliphatic hydroxyl groups excluding tert-OH is 1. The van der Waals surface area contributed by atoms with Gasteiger partial charge in [0.05, 0.1) is 11.8 Å². The lowest BCUT2D eigenvalue weighted by atomic mass is 10.2. The van der Waals surface area contributed by atoms with Gasteiger partial charge in [0.15, 0.2) is 0 Å². The molecule has 1 rings (SSSR count). The van der Waals surface area contributed by atoms with E-state index in [1.807, 2.05) is 0 Å². The molecule has 0 saturated heterocycles. The summed E-state index contributed by atoms with van der Waals surface area (Å²) >= 11 is 0. The average molecular weight is 197 g/mol. The second-order valence-corrected chi connectivity index (χ2v) is 3.08. The van der Waals surface area contributed by atoms with Gasteiger partial charge in [0.25, 0.3) is 5.91 Å². The first-order valence-corrected chi connectivity index (χ1v) is 4.69. The van der Waals surface area contributed by atoms with Gasteiger partial charge in [0.1, 0.15) is 5.76 Å². The zero-order valence-corrected chi connectivity index (χ0v) is 8.25. The van der Waals surface area contributed by atoms with E-state index in [1.54, 1.807) is 13.0 Å². The smallest absolute Gasteiger partial charge is 0.254 e. The van der Waals surface area contributed by atoms with E-state index in [2.05, 4.69) is 5.32 Å². The Morgan fingerprint density at radius 2 is 2.36 bits per heavy atom. The van der Waals surface area contributed by atoms with Crippen LogP contribution in [-0.2, 0) is 0 Å². The molecule has 0 bridgehead atoms. The van der Waals surface area contributed by atoms with E-state index >= 15 is 0 Å². The molecule has 0 aliphatic rings. The van der Waals surface area contributed by atoms with Crippen molar-refractivity contribution < 1.29 is 14.3 Å². The summed E-state index contributed by atoms with van der Waals surface area (Å²) in [5, 5.41) is 11.3. The molecule has 1 heterocycles. The first kappa shape index (κ1) is 10.8. The Morgan fingerprint density at radius 1 is 1.57 bits per heavy atom. The van der Waals surface area contributed by atoms with Crippen LogP contribution in [0.4, 0.5) is 0 Å². The standard InChI is InChI=1S/C10H15NO3/c1-8-9(4-7-14-8)10(13)11-5-2-3-6-12/h4,7,12H,2-3,5-6H2,1H3,(H,11,13). The lowest BCUT2D eigenvalue weighted by Crippen LogP contribution is -2.24. The number of furan rings is 1. The Labute approximate surface area is 82.9 Å². The second-order valence-electron chi connectivity index (χ2n) is 3.08. The third-order valence-corrected chi connectivity index (χ3v) is 1.97. The van der Waals surface area contributed by atoms with Crippen LogP contribution in [0.25, 0.3) is 0 Å². The molecule has 2 N–H and O–H groups in total. The van der Waals surface area contributed by atoms with Crippen molar-refractivity contribution in [2.75, 3.05) is 13.2 Å². The molecule has 4 nitrogen and oxygen atoms in total. The van der Waals surface area contributed by atoms with Crippen LogP contribution in [-0.4, -0.2) is 24.2 Å². The number of aryl methyl sites for hydroxylation is 1. The van der Waals surface area contributed by atoms with Gasteiger partial charge in [0.2, 0.25) is 0 Å². The molecule has 4 heteroatoms. The van der Waals surface area contributed by atoms with Gasteiger partial charge in [-0.1, -0.05) is 0 Å². The van der Waals surface area contributed by atoms with Crippen molar-refractivity contribution in [3.63, 3.8) is 0 Å². The maximum atomic E-state index is 11.5. The number of amides is 1. The van der Waals surface area contributed by atoms with E-state index in [0.29, 0.717) is 24.3 Å². The predicted molar refractivity (Wildman–Crippen MR) is 52.1 cm³/mol. The molecule has 1 amide bonds. The van der Waals surface area contributed by atoms with Gasteiger partial charge < -0.3 is 14.8 Å². The molecule has 0 radical (unpaired) electrons. The minimum atomic E-state index is -0.116. The highest BCUT2D eigenvalue weighted by atomic mass is 16.3. The maximum absolute atomic E-state index is 11.5. The summed E-state index contributed by atoms with van der Waals surface area (Å²) in [5.74, 6) is 0.513. The number of rotatable bonds is 5. The number of carbonyl (C=O) groups excluding carboxylic acids is 1. The van der Waals surface area contributed by atoms with Crippen molar-refractivity contribution in [1.82, 2.24) is 5.32 Å². The van der Waals surface area contributed by atoms with Gasteiger partial charge in [0, 0.05) is 13.2 Å². The number of unbranched alkanes of at least 4 members (excludes halogenated alkanes) is 1. The van der Waals surface area contributed by atoms with Gasteiger partial charge in [-0.2, -0.15) is 0 Å². The quantitative estimate of drug-likeness (QED) is 0.694. The van der Waals surface area contributed by atoms with Crippen molar-refractivity contribution in [2.45, 2.75) is 19.8 Å². The fourth-order valence-electron chi connectivity index (χ4n) is 1.15. The Balaban J connectivity index is 2.32. The molecule has 0 atom stereocenters. The minimum absolute atomic E-state index is 0.116. The van der Waals surface area contributed by atoms with E-state index < -0.39 is 0 Å². The number of hydrogen-bond donors (Lipinski definition) is 2. The summed E-state index contributed by atoms with van der Waals surface area (Å²) in [6, 6.07) is 1.65. The van der Waals surface area contributed by atoms with Crippen molar-refractivity contribution in [2.24, 2.45) is 0 Å². The lowest BCUT2D eigenvalue weighted by molar-refractivity contribution is 0.0950. The van der Waals surface area contributed by atoms with Gasteiger partial charge in [-0.15, -0.1) is 0 Å². The predicted octanol–water partition coefficient (Wildman–Crippen LogP) is 1.09. The molecule has 1 aromatic heterocycles. The minimum Gasteiger partial charge on any atom is -0.469 e. The van der Waals surface area contributed by atoms with Crippen LogP contribution in [0.2, 0.25) is 0 Å². The van der Waals surface area contributed by atoms with Gasteiger partial charge in [-0.25, -0.2) is 0 Å². The first-order chi connectivity index (χ1) is 6.75. The van der Waals surface area contributed by atoms with E-state index in [4.69, 9.17) is 9.52 Å². The molecular weight excluding hydrogens is 182 g/mol. The Kier molecular flexibility index (Phi) is 4.19. The number of nitrogens with one attached hydrogen (secondary N) is 1. The van der Waals surface area contributed by atoms with E-state index in [-0.39, 0.29) is 12.5 Å². The first-order valence-electron chi connectivity index (χ1n) is 4.69. The summed E-state index contributed by atoms with van der Waals surface area (Å²) in [6.45, 7) is 2.51. The van der Waals surface area contributed by atoms with Crippen molar-refractivity contribution in [3.05, 3.63) is 23.7 Å². The molecule has 0 spiro atoms. The molecule has 14 heavy (non-hydrogen) atoms. The number of carbonyl (C=O) groups is 1. The highest BCUT2D eigenvalue weighted by Crippen LogP contribution is 2.07. The van der Waals surface area contributed by atoms with Gasteiger partial charge in [-0.3, -0.25) is 4.79 Å². The molecular formula is C10H15NO3. The molecule has 1 aromatic rings. The molecule has 78 valence electrons. The summed E-state index contributed by atoms with van der Waals surface area (Å²) in [4.78, 5) is 11.5. The van der Waals surface area contributed by atoms with Gasteiger partial charge >= 0.3 is 0 Å². The fraction of sp³-hybridized carbons (Fsp3) is 0.500. The van der Waals surface area contributed by atoms with Crippen molar-refractivity contribution in [3.8, 4) is 0 Å². The van der Waals surface area contributed by atoms with Crippen molar-refractivity contribution >= 4 is 5.91 Å². The van der Waals surface area contributed by atoms with Crippen LogP contribution in [0.3, 0.4) is 0 Å². The van der Waals surface area contributed by atoms with Gasteiger partial charge in [-0.05, 0) is 25.8 Å². The third kappa shape index (κ3) is 2.88. The molecule has 0 aromatic carbocycles. The average Bonchev–Trinajstić information content (AvgIpc) is 2.59. The SMILES string of the molecule is Cc1occc1C(=O)NCCCCO. The van der Waals surface area contributed by atoms with Crippen LogP contribution < -0.4 is 5.32 Å². The maximum Gasteiger partial charge on any atom is 0.254 e. The number of hydrogen-bond acceptors (Lipinski definition) is 3.